The SMILES string of the molecule is CN1C(CNC(=O)OC(O)C(Cl)(Cl)Cl)=NCC1[N+](=O)[O-]. The van der Waals surface area contributed by atoms with Gasteiger partial charge in [0.25, 0.3) is 3.79 Å². The molecule has 114 valence electrons. The van der Waals surface area contributed by atoms with Gasteiger partial charge in [-0.2, -0.15) is 0 Å². The van der Waals surface area contributed by atoms with E-state index in [1.807, 2.05) is 0 Å². The fourth-order valence-electron chi connectivity index (χ4n) is 1.34. The van der Waals surface area contributed by atoms with Crippen molar-refractivity contribution in [1.82, 2.24) is 10.2 Å². The second-order valence-electron chi connectivity index (χ2n) is 3.79. The number of hydrogen-bond acceptors (Lipinski definition) is 7. The molecule has 0 radical (unpaired) electrons. The molecule has 0 saturated carbocycles. The highest BCUT2D eigenvalue weighted by molar-refractivity contribution is 6.67. The number of aliphatic imine (C=N–C) groups is 1. The first kappa shape index (κ1) is 17.0. The van der Waals surface area contributed by atoms with Gasteiger partial charge in [0.2, 0.25) is 6.29 Å². The Hall–Kier alpha value is -1.03. The largest absolute Gasteiger partial charge is 0.415 e. The molecule has 2 N–H and O–H groups in total. The third-order valence-electron chi connectivity index (χ3n) is 2.42. The van der Waals surface area contributed by atoms with Crippen LogP contribution in [0.1, 0.15) is 0 Å². The Bertz CT molecular complexity index is 427. The van der Waals surface area contributed by atoms with Crippen molar-refractivity contribution < 1.29 is 19.6 Å². The molecule has 12 heteroatoms. The summed E-state index contributed by atoms with van der Waals surface area (Å²) in [5.74, 6) is 0.298. The van der Waals surface area contributed by atoms with Gasteiger partial charge in [0.15, 0.2) is 0 Å². The number of amides is 1. The molecule has 0 fully saturated rings. The molecule has 0 aromatic rings. The van der Waals surface area contributed by atoms with Crippen molar-refractivity contribution in [2.45, 2.75) is 16.2 Å². The average Bonchev–Trinajstić information content (AvgIpc) is 2.66. The molecule has 0 aromatic carbocycles. The van der Waals surface area contributed by atoms with E-state index >= 15 is 0 Å². The standard InChI is InChI=1S/C8H11Cl3N4O5/c1-14-4(12-3-5(14)15(18)19)2-13-7(17)20-6(16)8(9,10)11/h5-6,16H,2-3H2,1H3,(H,13,17). The summed E-state index contributed by atoms with van der Waals surface area (Å²) in [6.07, 6.45) is -3.96. The molecule has 1 aliphatic rings. The van der Waals surface area contributed by atoms with Gasteiger partial charge in [0.1, 0.15) is 12.4 Å². The van der Waals surface area contributed by atoms with Gasteiger partial charge in [-0.1, -0.05) is 34.8 Å². The Morgan fingerprint density at radius 3 is 2.80 bits per heavy atom. The van der Waals surface area contributed by atoms with Crippen molar-refractivity contribution >= 4 is 46.7 Å². The van der Waals surface area contributed by atoms with Crippen LogP contribution in [0, 0.1) is 10.1 Å². The molecule has 20 heavy (non-hydrogen) atoms. The van der Waals surface area contributed by atoms with E-state index in [2.05, 4.69) is 15.0 Å². The van der Waals surface area contributed by atoms with E-state index in [4.69, 9.17) is 34.8 Å². The van der Waals surface area contributed by atoms with E-state index in [9.17, 15) is 20.0 Å². The van der Waals surface area contributed by atoms with Gasteiger partial charge < -0.3 is 15.2 Å². The van der Waals surface area contributed by atoms with Crippen LogP contribution in [-0.2, 0) is 4.74 Å². The highest BCUT2D eigenvalue weighted by Crippen LogP contribution is 2.30. The molecule has 0 aliphatic carbocycles. The molecular weight excluding hydrogens is 338 g/mol. The van der Waals surface area contributed by atoms with Crippen molar-refractivity contribution in [2.24, 2.45) is 4.99 Å². The summed E-state index contributed by atoms with van der Waals surface area (Å²) in [6, 6.07) is 0. The van der Waals surface area contributed by atoms with Crippen LogP contribution in [0.3, 0.4) is 0 Å². The maximum atomic E-state index is 11.3. The minimum atomic E-state index is -2.17. The van der Waals surface area contributed by atoms with Crippen LogP contribution < -0.4 is 5.32 Å². The van der Waals surface area contributed by atoms with E-state index in [1.165, 1.54) is 11.9 Å². The van der Waals surface area contributed by atoms with Gasteiger partial charge in [-0.25, -0.2) is 4.79 Å². The fraction of sp³-hybridized carbons (Fsp3) is 0.750. The van der Waals surface area contributed by atoms with Crippen LogP contribution in [-0.4, -0.2) is 63.2 Å². The molecule has 0 spiro atoms. The van der Waals surface area contributed by atoms with Gasteiger partial charge in [-0.3, -0.25) is 20.0 Å². The van der Waals surface area contributed by atoms with Crippen LogP contribution in [0.15, 0.2) is 4.99 Å². The van der Waals surface area contributed by atoms with Crippen LogP contribution in [0.4, 0.5) is 4.79 Å². The number of alkyl carbamates (subject to hydrolysis) is 1. The predicted molar refractivity (Wildman–Crippen MR) is 71.6 cm³/mol. The van der Waals surface area contributed by atoms with Gasteiger partial charge in [0, 0.05) is 12.0 Å². The molecular formula is C8H11Cl3N4O5. The molecule has 9 nitrogen and oxygen atoms in total. The molecule has 2 unspecified atom stereocenters. The second-order valence-corrected chi connectivity index (χ2v) is 6.16. The minimum Gasteiger partial charge on any atom is -0.415 e. The van der Waals surface area contributed by atoms with E-state index in [0.717, 1.165) is 0 Å². The van der Waals surface area contributed by atoms with E-state index in [1.54, 1.807) is 0 Å². The highest BCUT2D eigenvalue weighted by atomic mass is 35.6. The zero-order valence-electron chi connectivity index (χ0n) is 10.1. The van der Waals surface area contributed by atoms with Gasteiger partial charge in [0.05, 0.1) is 6.54 Å². The van der Waals surface area contributed by atoms with Gasteiger partial charge in [-0.05, 0) is 0 Å². The lowest BCUT2D eigenvalue weighted by atomic mass is 10.4. The quantitative estimate of drug-likeness (QED) is 0.327. The van der Waals surface area contributed by atoms with Crippen molar-refractivity contribution in [3.05, 3.63) is 10.1 Å². The third kappa shape index (κ3) is 4.51. The second kappa shape index (κ2) is 6.61. The fourth-order valence-corrected chi connectivity index (χ4v) is 1.48. The molecule has 0 aromatic heterocycles. The van der Waals surface area contributed by atoms with E-state index in [-0.39, 0.29) is 13.1 Å². The topological polar surface area (TPSA) is 117 Å². The zero-order valence-corrected chi connectivity index (χ0v) is 12.4. The van der Waals surface area contributed by atoms with Crippen LogP contribution in [0.25, 0.3) is 0 Å². The Kier molecular flexibility index (Phi) is 5.63. The number of aliphatic hydroxyl groups excluding tert-OH is 1. The van der Waals surface area contributed by atoms with Crippen molar-refractivity contribution in [1.29, 1.82) is 0 Å². The van der Waals surface area contributed by atoms with Crippen molar-refractivity contribution in [3.63, 3.8) is 0 Å². The lowest BCUT2D eigenvalue weighted by molar-refractivity contribution is -0.538. The number of nitrogens with zero attached hydrogens (tertiary/aromatic N) is 3. The van der Waals surface area contributed by atoms with Crippen molar-refractivity contribution in [3.8, 4) is 0 Å². The number of halogens is 3. The molecule has 1 rings (SSSR count). The van der Waals surface area contributed by atoms with E-state index in [0.29, 0.717) is 5.84 Å². The number of likely N-dealkylation sites (N-methyl/N-ethyl adjacent to an activating group) is 1. The Balaban J connectivity index is 2.41. The Labute approximate surface area is 128 Å². The molecule has 2 atom stereocenters. The first-order valence-electron chi connectivity index (χ1n) is 5.22. The molecule has 1 aliphatic heterocycles. The summed E-state index contributed by atoms with van der Waals surface area (Å²) < 4.78 is 2.22. The van der Waals surface area contributed by atoms with Crippen LogP contribution >= 0.6 is 34.8 Å². The highest BCUT2D eigenvalue weighted by Gasteiger charge is 2.35. The maximum Gasteiger partial charge on any atom is 0.409 e. The molecule has 1 amide bonds. The average molecular weight is 350 g/mol. The normalized spacial score (nSPS) is 20.4. The number of carbonyl (C=O) groups excluding carboxylic acids is 1. The van der Waals surface area contributed by atoms with Crippen molar-refractivity contribution in [2.75, 3.05) is 20.1 Å². The number of rotatable bonds is 4. The summed E-state index contributed by atoms with van der Waals surface area (Å²) in [6.45, 7) is -0.126. The number of aliphatic hydroxyl groups is 1. The monoisotopic (exact) mass is 348 g/mol. The summed E-state index contributed by atoms with van der Waals surface area (Å²) in [5, 5.41) is 22.1. The van der Waals surface area contributed by atoms with Gasteiger partial charge in [-0.15, -0.1) is 0 Å². The molecule has 1 heterocycles. The summed E-state index contributed by atoms with van der Waals surface area (Å²) in [7, 11) is 1.47. The summed E-state index contributed by atoms with van der Waals surface area (Å²) in [5.41, 5.74) is 0. The third-order valence-corrected chi connectivity index (χ3v) is 2.98. The summed E-state index contributed by atoms with van der Waals surface area (Å²) in [4.78, 5) is 26.7. The first-order valence-corrected chi connectivity index (χ1v) is 6.35. The summed E-state index contributed by atoms with van der Waals surface area (Å²) >= 11 is 15.9. The Morgan fingerprint density at radius 1 is 1.75 bits per heavy atom. The predicted octanol–water partition coefficient (Wildman–Crippen LogP) is 0.348. The number of ether oxygens (including phenoxy) is 1. The molecule has 0 bridgehead atoms. The number of carbonyl (C=O) groups is 1. The smallest absolute Gasteiger partial charge is 0.409 e. The first-order chi connectivity index (χ1) is 9.12. The Morgan fingerprint density at radius 2 is 2.35 bits per heavy atom. The lowest BCUT2D eigenvalue weighted by Crippen LogP contribution is -2.44. The van der Waals surface area contributed by atoms with E-state index < -0.39 is 27.3 Å². The number of hydrogen-bond donors (Lipinski definition) is 2. The van der Waals surface area contributed by atoms with Crippen LogP contribution in [0.5, 0.6) is 0 Å². The van der Waals surface area contributed by atoms with Gasteiger partial charge >= 0.3 is 12.3 Å². The number of nitrogens with one attached hydrogen (secondary N) is 1. The minimum absolute atomic E-state index is 0.00760. The number of amidine groups is 1. The maximum absolute atomic E-state index is 11.3. The zero-order chi connectivity index (χ0) is 15.5. The number of nitro groups is 1. The number of alkyl halides is 3. The van der Waals surface area contributed by atoms with Crippen LogP contribution in [0.2, 0.25) is 0 Å². The lowest BCUT2D eigenvalue weighted by Gasteiger charge is -2.20. The molecule has 0 saturated heterocycles.